The topological polar surface area (TPSA) is 133 Å². The molecule has 52 heavy (non-hydrogen) atoms. The van der Waals surface area contributed by atoms with Crippen molar-refractivity contribution < 1.29 is 28.3 Å². The van der Waals surface area contributed by atoms with E-state index in [0.717, 1.165) is 40.7 Å². The molecule has 0 saturated carbocycles. The molecule has 5 heterocycles. The first kappa shape index (κ1) is 41.1. The predicted octanol–water partition coefficient (Wildman–Crippen LogP) is 6.96. The van der Waals surface area contributed by atoms with E-state index < -0.39 is 35.0 Å². The van der Waals surface area contributed by atoms with Crippen LogP contribution in [0.5, 0.6) is 0 Å². The SMILES string of the molecule is C[Si](C)(C)CCOCn1ccc2nc(-c3cccnc3F)cnc21.C[Si](C)(C)CCOCn1ccc2nc(Br)cnc21.OB(O)c1ccccc1F. The smallest absolute Gasteiger partial charge is 0.423 e. The van der Waals surface area contributed by atoms with Gasteiger partial charge in [-0.05, 0) is 58.3 Å². The molecule has 0 spiro atoms. The van der Waals surface area contributed by atoms with Crippen molar-refractivity contribution in [2.75, 3.05) is 13.2 Å². The first-order chi connectivity index (χ1) is 24.6. The van der Waals surface area contributed by atoms with E-state index in [0.29, 0.717) is 30.2 Å². The Morgan fingerprint density at radius 1 is 0.731 bits per heavy atom. The van der Waals surface area contributed by atoms with Gasteiger partial charge in [-0.15, -0.1) is 0 Å². The monoisotopic (exact) mass is 811 g/mol. The van der Waals surface area contributed by atoms with Gasteiger partial charge in [-0.2, -0.15) is 4.39 Å². The third-order valence-corrected chi connectivity index (χ3v) is 11.4. The van der Waals surface area contributed by atoms with Crippen LogP contribution in [0.3, 0.4) is 0 Å². The molecule has 0 saturated heterocycles. The Morgan fingerprint density at radius 3 is 1.81 bits per heavy atom. The highest BCUT2D eigenvalue weighted by Crippen LogP contribution is 2.21. The van der Waals surface area contributed by atoms with Crippen molar-refractivity contribution in [2.24, 2.45) is 0 Å². The Bertz CT molecular complexity index is 2040. The second-order valence-electron chi connectivity index (χ2n) is 14.4. The Kier molecular flexibility index (Phi) is 14.9. The van der Waals surface area contributed by atoms with E-state index in [2.05, 4.69) is 80.1 Å². The van der Waals surface area contributed by atoms with Gasteiger partial charge in [0.05, 0.1) is 23.7 Å². The van der Waals surface area contributed by atoms with Crippen LogP contribution in [0.25, 0.3) is 33.6 Å². The maximum absolute atomic E-state index is 13.8. The Balaban J connectivity index is 0.000000190. The number of fused-ring (bicyclic) bond motifs is 2. The average molecular weight is 813 g/mol. The van der Waals surface area contributed by atoms with Gasteiger partial charge in [-0.25, -0.2) is 29.3 Å². The van der Waals surface area contributed by atoms with Crippen molar-refractivity contribution in [2.45, 2.75) is 64.8 Å². The number of hydrogen-bond acceptors (Lipinski definition) is 9. The van der Waals surface area contributed by atoms with E-state index in [1.807, 2.05) is 33.7 Å². The number of rotatable bonds is 12. The lowest BCUT2D eigenvalue weighted by molar-refractivity contribution is 0.0898. The van der Waals surface area contributed by atoms with Crippen molar-refractivity contribution in [3.63, 3.8) is 0 Å². The number of benzene rings is 1. The van der Waals surface area contributed by atoms with Gasteiger partial charge in [0.15, 0.2) is 11.3 Å². The Morgan fingerprint density at radius 2 is 1.29 bits per heavy atom. The average Bonchev–Trinajstić information content (AvgIpc) is 3.68. The van der Waals surface area contributed by atoms with Crippen molar-refractivity contribution in [1.29, 1.82) is 0 Å². The third-order valence-electron chi connectivity index (χ3n) is 7.57. The molecule has 0 aliphatic carbocycles. The molecule has 0 unspecified atom stereocenters. The molecule has 5 aromatic heterocycles. The van der Waals surface area contributed by atoms with E-state index >= 15 is 0 Å². The van der Waals surface area contributed by atoms with Gasteiger partial charge < -0.3 is 28.7 Å². The van der Waals surface area contributed by atoms with Crippen LogP contribution in [0.1, 0.15) is 0 Å². The summed E-state index contributed by atoms with van der Waals surface area (Å²) in [7, 11) is -3.82. The van der Waals surface area contributed by atoms with Crippen LogP contribution < -0.4 is 5.46 Å². The zero-order chi connectivity index (χ0) is 37.9. The summed E-state index contributed by atoms with van der Waals surface area (Å²) in [5.74, 6) is -1.14. The van der Waals surface area contributed by atoms with Crippen molar-refractivity contribution in [3.8, 4) is 11.3 Å². The molecule has 0 atom stereocenters. The standard InChI is InChI=1S/C17H21FN4OSi.C12H18BrN3OSi.C6H6BFO2/c1-24(2,3)10-9-23-12-22-8-6-14-17(22)20-11-15(21-14)13-5-4-7-19-16(13)18;1-18(2,3)7-6-17-9-16-5-4-10-12(16)14-8-11(13)15-10;8-6-4-2-1-3-5(6)7(9)10/h4-8,11H,9-10,12H2,1-3H3;4-5,8H,6-7,9H2,1-3H3;1-4,9-10H. The maximum Gasteiger partial charge on any atom is 0.491 e. The largest absolute Gasteiger partial charge is 0.491 e. The molecule has 1 aromatic carbocycles. The van der Waals surface area contributed by atoms with Gasteiger partial charge in [0.1, 0.15) is 34.9 Å². The number of hydrogen-bond donors (Lipinski definition) is 2. The first-order valence-corrected chi connectivity index (χ1v) is 25.0. The summed E-state index contributed by atoms with van der Waals surface area (Å²) in [5, 5.41) is 17.0. The molecule has 276 valence electrons. The summed E-state index contributed by atoms with van der Waals surface area (Å²) in [6.45, 7) is 16.6. The molecular formula is C35H45BBrF2N7O4Si2. The zero-order valence-corrected chi connectivity index (χ0v) is 33.9. The molecule has 0 bridgehead atoms. The van der Waals surface area contributed by atoms with Crippen molar-refractivity contribution in [1.82, 2.24) is 34.1 Å². The fourth-order valence-corrected chi connectivity index (χ4v) is 6.39. The van der Waals surface area contributed by atoms with Crippen LogP contribution in [0.4, 0.5) is 8.78 Å². The van der Waals surface area contributed by atoms with E-state index in [4.69, 9.17) is 19.5 Å². The predicted molar refractivity (Wildman–Crippen MR) is 210 cm³/mol. The van der Waals surface area contributed by atoms with E-state index in [-0.39, 0.29) is 5.46 Å². The van der Waals surface area contributed by atoms with E-state index in [1.165, 1.54) is 36.5 Å². The molecule has 2 N–H and O–H groups in total. The summed E-state index contributed by atoms with van der Waals surface area (Å²) >= 11 is 3.32. The minimum absolute atomic E-state index is 0.0949. The van der Waals surface area contributed by atoms with E-state index in [9.17, 15) is 8.78 Å². The summed E-state index contributed by atoms with van der Waals surface area (Å²) in [6, 6.07) is 15.0. The lowest BCUT2D eigenvalue weighted by Gasteiger charge is -2.15. The Labute approximate surface area is 313 Å². The molecule has 0 radical (unpaired) electrons. The lowest BCUT2D eigenvalue weighted by atomic mass is 9.80. The number of pyridine rings is 1. The molecule has 6 rings (SSSR count). The van der Waals surface area contributed by atoms with Gasteiger partial charge in [-0.3, -0.25) is 0 Å². The Hall–Kier alpha value is -3.71. The number of ether oxygens (including phenoxy) is 2. The van der Waals surface area contributed by atoms with Crippen molar-refractivity contribution in [3.05, 3.63) is 95.9 Å². The fourth-order valence-electron chi connectivity index (χ4n) is 4.58. The summed E-state index contributed by atoms with van der Waals surface area (Å²) in [6.07, 6.45) is 8.55. The van der Waals surface area contributed by atoms with Crippen LogP contribution in [0, 0.1) is 11.8 Å². The molecule has 11 nitrogen and oxygen atoms in total. The summed E-state index contributed by atoms with van der Waals surface area (Å²) < 4.78 is 42.4. The maximum atomic E-state index is 13.8. The number of halogens is 3. The summed E-state index contributed by atoms with van der Waals surface area (Å²) in [5.41, 5.74) is 3.93. The van der Waals surface area contributed by atoms with Gasteiger partial charge in [0.25, 0.3) is 0 Å². The van der Waals surface area contributed by atoms with Gasteiger partial charge >= 0.3 is 7.12 Å². The molecule has 0 amide bonds. The lowest BCUT2D eigenvalue weighted by Crippen LogP contribution is -2.32. The second kappa shape index (κ2) is 18.9. The zero-order valence-electron chi connectivity index (χ0n) is 30.3. The highest BCUT2D eigenvalue weighted by Gasteiger charge is 2.15. The van der Waals surface area contributed by atoms with E-state index in [1.54, 1.807) is 24.5 Å². The highest BCUT2D eigenvalue weighted by atomic mass is 79.9. The minimum atomic E-state index is -1.72. The normalized spacial score (nSPS) is 11.6. The molecule has 0 fully saturated rings. The van der Waals surface area contributed by atoms with Crippen LogP contribution in [0.2, 0.25) is 51.4 Å². The minimum Gasteiger partial charge on any atom is -0.423 e. The van der Waals surface area contributed by atoms with Crippen LogP contribution in [-0.4, -0.2) is 80.6 Å². The van der Waals surface area contributed by atoms with Gasteiger partial charge in [0.2, 0.25) is 5.95 Å². The van der Waals surface area contributed by atoms with Gasteiger partial charge in [0, 0.05) is 53.4 Å². The molecular weight excluding hydrogens is 767 g/mol. The third kappa shape index (κ3) is 12.8. The van der Waals surface area contributed by atoms with Crippen LogP contribution in [-0.2, 0) is 22.9 Å². The fraction of sp³-hybridized carbons (Fsp3) is 0.343. The molecule has 0 aliphatic heterocycles. The molecule has 17 heteroatoms. The van der Waals surface area contributed by atoms with Crippen molar-refractivity contribution >= 4 is 67.0 Å². The van der Waals surface area contributed by atoms with Crippen LogP contribution in [0.15, 0.2) is 84.1 Å². The number of aromatic nitrogens is 7. The van der Waals surface area contributed by atoms with Crippen LogP contribution >= 0.6 is 15.9 Å². The van der Waals surface area contributed by atoms with Gasteiger partial charge in [-0.1, -0.05) is 57.5 Å². The molecule has 6 aromatic rings. The quantitative estimate of drug-likeness (QED) is 0.0765. The summed E-state index contributed by atoms with van der Waals surface area (Å²) in [4.78, 5) is 21.3. The first-order valence-electron chi connectivity index (χ1n) is 16.8. The number of nitrogens with zero attached hydrogens (tertiary/aromatic N) is 7. The second-order valence-corrected chi connectivity index (χ2v) is 26.4. The molecule has 0 aliphatic rings. The highest BCUT2D eigenvalue weighted by molar-refractivity contribution is 9.10.